The van der Waals surface area contributed by atoms with Crippen LogP contribution in [-0.2, 0) is 4.79 Å². The van der Waals surface area contributed by atoms with E-state index in [0.29, 0.717) is 18.3 Å². The van der Waals surface area contributed by atoms with Gasteiger partial charge in [0.1, 0.15) is 0 Å². The predicted octanol–water partition coefficient (Wildman–Crippen LogP) is 3.26. The molecule has 0 aromatic heterocycles. The van der Waals surface area contributed by atoms with Crippen LogP contribution in [0.3, 0.4) is 0 Å². The normalized spacial score (nSPS) is 15.9. The lowest BCUT2D eigenvalue weighted by Crippen LogP contribution is -2.28. The third-order valence-electron chi connectivity index (χ3n) is 4.66. The van der Waals surface area contributed by atoms with Gasteiger partial charge >= 0.3 is 0 Å². The first-order valence-corrected chi connectivity index (χ1v) is 8.46. The van der Waals surface area contributed by atoms with E-state index in [0.717, 1.165) is 19.5 Å². The Morgan fingerprint density at radius 2 is 2.00 bits per heavy atom. The molecule has 3 heteroatoms. The van der Waals surface area contributed by atoms with Crippen molar-refractivity contribution >= 4 is 5.91 Å². The molecule has 1 aliphatic rings. The molecule has 3 nitrogen and oxygen atoms in total. The standard InChI is InChI=1S/C19H30N2O/c1-14-6-7-17(12-15(14)2)18(16-8-9-16)13-19(22)20-10-5-11-21(3)4/h6-7,12,16,18H,5,8-11,13H2,1-4H3,(H,20,22). The number of carbonyl (C=O) groups is 1. The minimum Gasteiger partial charge on any atom is -0.356 e. The maximum Gasteiger partial charge on any atom is 0.220 e. The van der Waals surface area contributed by atoms with Gasteiger partial charge in [-0.1, -0.05) is 18.2 Å². The fourth-order valence-corrected chi connectivity index (χ4v) is 2.95. The van der Waals surface area contributed by atoms with Crippen molar-refractivity contribution in [1.82, 2.24) is 10.2 Å². The zero-order valence-electron chi connectivity index (χ0n) is 14.5. The number of rotatable bonds is 8. The van der Waals surface area contributed by atoms with Crippen LogP contribution < -0.4 is 5.32 Å². The first kappa shape index (κ1) is 17.0. The molecular formula is C19H30N2O. The highest BCUT2D eigenvalue weighted by molar-refractivity contribution is 5.77. The van der Waals surface area contributed by atoms with Crippen molar-refractivity contribution in [2.24, 2.45) is 5.92 Å². The minimum atomic E-state index is 0.203. The molecule has 1 unspecified atom stereocenters. The topological polar surface area (TPSA) is 32.3 Å². The van der Waals surface area contributed by atoms with Crippen LogP contribution in [0.4, 0.5) is 0 Å². The molecule has 1 aliphatic carbocycles. The smallest absolute Gasteiger partial charge is 0.220 e. The van der Waals surface area contributed by atoms with E-state index in [2.05, 4.69) is 56.4 Å². The van der Waals surface area contributed by atoms with Crippen LogP contribution in [0.25, 0.3) is 0 Å². The van der Waals surface area contributed by atoms with Crippen molar-refractivity contribution in [2.75, 3.05) is 27.2 Å². The summed E-state index contributed by atoms with van der Waals surface area (Å²) in [4.78, 5) is 14.4. The summed E-state index contributed by atoms with van der Waals surface area (Å²) in [6.07, 6.45) is 4.18. The molecule has 1 amide bonds. The van der Waals surface area contributed by atoms with Crippen LogP contribution in [0, 0.1) is 19.8 Å². The second kappa shape index (κ2) is 7.77. The molecular weight excluding hydrogens is 272 g/mol. The van der Waals surface area contributed by atoms with E-state index in [1.165, 1.54) is 29.5 Å². The highest BCUT2D eigenvalue weighted by atomic mass is 16.1. The summed E-state index contributed by atoms with van der Waals surface area (Å²) in [6, 6.07) is 6.68. The van der Waals surface area contributed by atoms with Crippen molar-refractivity contribution in [3.8, 4) is 0 Å². The Morgan fingerprint density at radius 3 is 2.59 bits per heavy atom. The van der Waals surface area contributed by atoms with Gasteiger partial charge in [0.15, 0.2) is 0 Å². The Bertz CT molecular complexity index is 506. The number of benzene rings is 1. The maximum atomic E-state index is 12.2. The Labute approximate surface area is 135 Å². The van der Waals surface area contributed by atoms with Crippen LogP contribution in [0.5, 0.6) is 0 Å². The van der Waals surface area contributed by atoms with Gasteiger partial charge < -0.3 is 10.2 Å². The number of carbonyl (C=O) groups excluding carboxylic acids is 1. The largest absolute Gasteiger partial charge is 0.356 e. The van der Waals surface area contributed by atoms with E-state index >= 15 is 0 Å². The molecule has 1 N–H and O–H groups in total. The summed E-state index contributed by atoms with van der Waals surface area (Å²) >= 11 is 0. The van der Waals surface area contributed by atoms with E-state index in [-0.39, 0.29) is 5.91 Å². The molecule has 1 atom stereocenters. The van der Waals surface area contributed by atoms with E-state index < -0.39 is 0 Å². The molecule has 0 spiro atoms. The number of nitrogens with one attached hydrogen (secondary N) is 1. The molecule has 2 rings (SSSR count). The molecule has 122 valence electrons. The van der Waals surface area contributed by atoms with Crippen LogP contribution in [-0.4, -0.2) is 38.0 Å². The quantitative estimate of drug-likeness (QED) is 0.748. The third kappa shape index (κ3) is 5.13. The van der Waals surface area contributed by atoms with E-state index in [4.69, 9.17) is 0 Å². The zero-order chi connectivity index (χ0) is 16.1. The van der Waals surface area contributed by atoms with Crippen LogP contribution in [0.1, 0.15) is 48.3 Å². The van der Waals surface area contributed by atoms with Crippen LogP contribution in [0.15, 0.2) is 18.2 Å². The Morgan fingerprint density at radius 1 is 1.27 bits per heavy atom. The van der Waals surface area contributed by atoms with Gasteiger partial charge in [-0.15, -0.1) is 0 Å². The van der Waals surface area contributed by atoms with Gasteiger partial charge in [0.05, 0.1) is 0 Å². The highest BCUT2D eigenvalue weighted by Gasteiger charge is 2.33. The fraction of sp³-hybridized carbons (Fsp3) is 0.632. The van der Waals surface area contributed by atoms with Gasteiger partial charge in [-0.2, -0.15) is 0 Å². The Kier molecular flexibility index (Phi) is 6.01. The lowest BCUT2D eigenvalue weighted by molar-refractivity contribution is -0.121. The number of amides is 1. The predicted molar refractivity (Wildman–Crippen MR) is 92.2 cm³/mol. The van der Waals surface area contributed by atoms with Gasteiger partial charge in [-0.05, 0) is 82.3 Å². The Hall–Kier alpha value is -1.35. The van der Waals surface area contributed by atoms with Crippen LogP contribution in [0.2, 0.25) is 0 Å². The third-order valence-corrected chi connectivity index (χ3v) is 4.66. The number of hydrogen-bond acceptors (Lipinski definition) is 2. The summed E-state index contributed by atoms with van der Waals surface area (Å²) < 4.78 is 0. The van der Waals surface area contributed by atoms with Gasteiger partial charge in [0, 0.05) is 13.0 Å². The first-order valence-electron chi connectivity index (χ1n) is 8.46. The van der Waals surface area contributed by atoms with Crippen molar-refractivity contribution in [3.63, 3.8) is 0 Å². The molecule has 0 radical (unpaired) electrons. The zero-order valence-corrected chi connectivity index (χ0v) is 14.5. The summed E-state index contributed by atoms with van der Waals surface area (Å²) in [5.74, 6) is 1.30. The second-order valence-corrected chi connectivity index (χ2v) is 7.00. The van der Waals surface area contributed by atoms with E-state index in [1.807, 2.05) is 0 Å². The fourth-order valence-electron chi connectivity index (χ4n) is 2.95. The molecule has 0 aliphatic heterocycles. The number of hydrogen-bond donors (Lipinski definition) is 1. The highest BCUT2D eigenvalue weighted by Crippen LogP contribution is 2.44. The molecule has 0 heterocycles. The van der Waals surface area contributed by atoms with Crippen molar-refractivity contribution in [1.29, 1.82) is 0 Å². The summed E-state index contributed by atoms with van der Waals surface area (Å²) in [5, 5.41) is 3.08. The molecule has 1 aromatic rings. The minimum absolute atomic E-state index is 0.203. The van der Waals surface area contributed by atoms with Gasteiger partial charge in [-0.25, -0.2) is 0 Å². The van der Waals surface area contributed by atoms with Crippen molar-refractivity contribution in [3.05, 3.63) is 34.9 Å². The SMILES string of the molecule is Cc1ccc(C(CC(=O)NCCCN(C)C)C2CC2)cc1C. The summed E-state index contributed by atoms with van der Waals surface area (Å²) in [7, 11) is 4.12. The first-order chi connectivity index (χ1) is 10.5. The number of aryl methyl sites for hydroxylation is 2. The maximum absolute atomic E-state index is 12.2. The molecule has 1 aromatic carbocycles. The Balaban J connectivity index is 1.89. The van der Waals surface area contributed by atoms with Crippen molar-refractivity contribution < 1.29 is 4.79 Å². The van der Waals surface area contributed by atoms with Crippen molar-refractivity contribution in [2.45, 2.75) is 45.4 Å². The van der Waals surface area contributed by atoms with E-state index in [9.17, 15) is 4.79 Å². The lowest BCUT2D eigenvalue weighted by atomic mass is 9.89. The summed E-state index contributed by atoms with van der Waals surface area (Å²) in [6.45, 7) is 6.09. The van der Waals surface area contributed by atoms with Gasteiger partial charge in [-0.3, -0.25) is 4.79 Å². The average molecular weight is 302 g/mol. The monoisotopic (exact) mass is 302 g/mol. The van der Waals surface area contributed by atoms with Gasteiger partial charge in [0.2, 0.25) is 5.91 Å². The number of nitrogens with zero attached hydrogens (tertiary/aromatic N) is 1. The van der Waals surface area contributed by atoms with Gasteiger partial charge in [0.25, 0.3) is 0 Å². The average Bonchev–Trinajstić information content (AvgIpc) is 3.28. The molecule has 0 saturated heterocycles. The molecule has 0 bridgehead atoms. The lowest BCUT2D eigenvalue weighted by Gasteiger charge is -2.18. The molecule has 1 saturated carbocycles. The van der Waals surface area contributed by atoms with Crippen LogP contribution >= 0.6 is 0 Å². The van der Waals surface area contributed by atoms with E-state index in [1.54, 1.807) is 0 Å². The molecule has 22 heavy (non-hydrogen) atoms. The summed E-state index contributed by atoms with van der Waals surface area (Å²) in [5.41, 5.74) is 4.00. The second-order valence-electron chi connectivity index (χ2n) is 7.00. The molecule has 1 fully saturated rings.